The summed E-state index contributed by atoms with van der Waals surface area (Å²) in [6.45, 7) is 7.83. The van der Waals surface area contributed by atoms with Crippen LogP contribution >= 0.6 is 0 Å². The lowest BCUT2D eigenvalue weighted by Crippen LogP contribution is -2.35. The van der Waals surface area contributed by atoms with E-state index in [0.29, 0.717) is 5.78 Å². The molecule has 68 valence electrons. The van der Waals surface area contributed by atoms with Crippen molar-refractivity contribution in [2.75, 3.05) is 0 Å². The van der Waals surface area contributed by atoms with E-state index in [9.17, 15) is 4.79 Å². The molecule has 2 atom stereocenters. The first-order valence-corrected chi connectivity index (χ1v) is 4.75. The molecule has 12 heavy (non-hydrogen) atoms. The van der Waals surface area contributed by atoms with Gasteiger partial charge in [-0.25, -0.2) is 0 Å². The molecule has 0 radical (unpaired) electrons. The van der Waals surface area contributed by atoms with Gasteiger partial charge in [-0.05, 0) is 19.3 Å². The number of rotatable bonds is 2. The Bertz CT molecular complexity index is 195. The van der Waals surface area contributed by atoms with Crippen LogP contribution in [0.3, 0.4) is 0 Å². The van der Waals surface area contributed by atoms with Crippen molar-refractivity contribution < 1.29 is 4.79 Å². The molecule has 1 rings (SSSR count). The van der Waals surface area contributed by atoms with Gasteiger partial charge in [0.2, 0.25) is 0 Å². The monoisotopic (exact) mass is 166 g/mol. The lowest BCUT2D eigenvalue weighted by atomic mass is 9.68. The van der Waals surface area contributed by atoms with E-state index in [1.807, 2.05) is 13.0 Å². The molecule has 0 heterocycles. The summed E-state index contributed by atoms with van der Waals surface area (Å²) in [5, 5.41) is 0. The standard InChI is InChI=1S/C11H18O/c1-4-7-11(3)8-5-6-9(2)10(11)12/h4,9H,1,5-8H2,2-3H3/t9-,11-/m0/s1. The molecular weight excluding hydrogens is 148 g/mol. The van der Waals surface area contributed by atoms with Gasteiger partial charge in [-0.3, -0.25) is 4.79 Å². The number of hydrogen-bond acceptors (Lipinski definition) is 1. The fraction of sp³-hybridized carbons (Fsp3) is 0.727. The summed E-state index contributed by atoms with van der Waals surface area (Å²) >= 11 is 0. The highest BCUT2D eigenvalue weighted by molar-refractivity contribution is 5.87. The molecule has 0 aliphatic heterocycles. The Morgan fingerprint density at radius 3 is 3.00 bits per heavy atom. The zero-order valence-electron chi connectivity index (χ0n) is 8.10. The fourth-order valence-electron chi connectivity index (χ4n) is 2.17. The predicted molar refractivity (Wildman–Crippen MR) is 50.9 cm³/mol. The number of Topliss-reactive ketones (excluding diaryl/α,β-unsaturated/α-hetero) is 1. The molecule has 0 saturated heterocycles. The molecule has 0 bridgehead atoms. The molecule has 1 fully saturated rings. The summed E-state index contributed by atoms with van der Waals surface area (Å²) in [6, 6.07) is 0. The summed E-state index contributed by atoms with van der Waals surface area (Å²) in [5.74, 6) is 0.706. The van der Waals surface area contributed by atoms with E-state index in [1.54, 1.807) is 0 Å². The Kier molecular flexibility index (Phi) is 2.71. The highest BCUT2D eigenvalue weighted by Crippen LogP contribution is 2.38. The second-order valence-electron chi connectivity index (χ2n) is 4.21. The molecular formula is C11H18O. The highest BCUT2D eigenvalue weighted by Gasteiger charge is 2.37. The molecule has 1 aliphatic rings. The molecule has 0 N–H and O–H groups in total. The van der Waals surface area contributed by atoms with Crippen LogP contribution in [-0.2, 0) is 4.79 Å². The first-order chi connectivity index (χ1) is 5.60. The average Bonchev–Trinajstić information content (AvgIpc) is 2.01. The molecule has 0 unspecified atom stereocenters. The maximum absolute atomic E-state index is 11.8. The number of carbonyl (C=O) groups excluding carboxylic acids is 1. The minimum absolute atomic E-state index is 0.0978. The Morgan fingerprint density at radius 2 is 2.42 bits per heavy atom. The number of carbonyl (C=O) groups is 1. The summed E-state index contributed by atoms with van der Waals surface area (Å²) in [7, 11) is 0. The van der Waals surface area contributed by atoms with E-state index in [0.717, 1.165) is 19.3 Å². The molecule has 1 aliphatic carbocycles. The second-order valence-corrected chi connectivity index (χ2v) is 4.21. The van der Waals surface area contributed by atoms with Crippen LogP contribution in [0.2, 0.25) is 0 Å². The van der Waals surface area contributed by atoms with Crippen molar-refractivity contribution in [2.24, 2.45) is 11.3 Å². The van der Waals surface area contributed by atoms with Crippen LogP contribution < -0.4 is 0 Å². The third-order valence-corrected chi connectivity index (χ3v) is 3.00. The zero-order valence-corrected chi connectivity index (χ0v) is 8.10. The van der Waals surface area contributed by atoms with E-state index in [-0.39, 0.29) is 11.3 Å². The molecule has 1 heteroatoms. The molecule has 1 saturated carbocycles. The Hall–Kier alpha value is -0.590. The van der Waals surface area contributed by atoms with E-state index in [1.165, 1.54) is 6.42 Å². The third kappa shape index (κ3) is 1.60. The zero-order chi connectivity index (χ0) is 9.19. The van der Waals surface area contributed by atoms with E-state index in [4.69, 9.17) is 0 Å². The summed E-state index contributed by atoms with van der Waals surface area (Å²) in [6.07, 6.45) is 6.02. The van der Waals surface area contributed by atoms with Gasteiger partial charge in [0.1, 0.15) is 5.78 Å². The molecule has 0 spiro atoms. The van der Waals surface area contributed by atoms with Crippen LogP contribution in [0, 0.1) is 11.3 Å². The normalized spacial score (nSPS) is 36.5. The second kappa shape index (κ2) is 3.42. The first-order valence-electron chi connectivity index (χ1n) is 4.75. The van der Waals surface area contributed by atoms with E-state index < -0.39 is 0 Å². The van der Waals surface area contributed by atoms with Gasteiger partial charge in [0.15, 0.2) is 0 Å². The smallest absolute Gasteiger partial charge is 0.141 e. The van der Waals surface area contributed by atoms with Gasteiger partial charge in [-0.15, -0.1) is 6.58 Å². The van der Waals surface area contributed by atoms with Crippen molar-refractivity contribution in [1.29, 1.82) is 0 Å². The van der Waals surface area contributed by atoms with Gasteiger partial charge in [0.25, 0.3) is 0 Å². The van der Waals surface area contributed by atoms with Gasteiger partial charge >= 0.3 is 0 Å². The maximum Gasteiger partial charge on any atom is 0.141 e. The van der Waals surface area contributed by atoms with Crippen molar-refractivity contribution >= 4 is 5.78 Å². The molecule has 0 aromatic carbocycles. The lowest BCUT2D eigenvalue weighted by molar-refractivity contribution is -0.134. The molecule has 0 amide bonds. The van der Waals surface area contributed by atoms with Crippen molar-refractivity contribution in [3.63, 3.8) is 0 Å². The maximum atomic E-state index is 11.8. The van der Waals surface area contributed by atoms with Gasteiger partial charge in [-0.2, -0.15) is 0 Å². The molecule has 0 aromatic heterocycles. The van der Waals surface area contributed by atoms with E-state index in [2.05, 4.69) is 13.5 Å². The van der Waals surface area contributed by atoms with Crippen LogP contribution in [0.15, 0.2) is 12.7 Å². The van der Waals surface area contributed by atoms with Gasteiger partial charge in [0.05, 0.1) is 0 Å². The van der Waals surface area contributed by atoms with Crippen molar-refractivity contribution in [1.82, 2.24) is 0 Å². The average molecular weight is 166 g/mol. The molecule has 1 nitrogen and oxygen atoms in total. The minimum Gasteiger partial charge on any atom is -0.299 e. The summed E-state index contributed by atoms with van der Waals surface area (Å²) in [5.41, 5.74) is -0.0978. The number of allylic oxidation sites excluding steroid dienone is 1. The van der Waals surface area contributed by atoms with Crippen LogP contribution in [0.4, 0.5) is 0 Å². The quantitative estimate of drug-likeness (QED) is 0.576. The lowest BCUT2D eigenvalue weighted by Gasteiger charge is -2.34. The third-order valence-electron chi connectivity index (χ3n) is 3.00. The molecule has 0 aromatic rings. The SMILES string of the molecule is C=CC[C@@]1(C)CCC[C@H](C)C1=O. The minimum atomic E-state index is -0.0978. The number of hydrogen-bond donors (Lipinski definition) is 0. The highest BCUT2D eigenvalue weighted by atomic mass is 16.1. The van der Waals surface area contributed by atoms with E-state index >= 15 is 0 Å². The van der Waals surface area contributed by atoms with Crippen molar-refractivity contribution in [3.8, 4) is 0 Å². The van der Waals surface area contributed by atoms with Crippen LogP contribution in [-0.4, -0.2) is 5.78 Å². The Morgan fingerprint density at radius 1 is 1.75 bits per heavy atom. The largest absolute Gasteiger partial charge is 0.299 e. The number of ketones is 1. The van der Waals surface area contributed by atoms with Gasteiger partial charge in [0, 0.05) is 11.3 Å². The van der Waals surface area contributed by atoms with Crippen molar-refractivity contribution in [2.45, 2.75) is 39.5 Å². The van der Waals surface area contributed by atoms with Crippen LogP contribution in [0.5, 0.6) is 0 Å². The topological polar surface area (TPSA) is 17.1 Å². The van der Waals surface area contributed by atoms with Crippen molar-refractivity contribution in [3.05, 3.63) is 12.7 Å². The van der Waals surface area contributed by atoms with Crippen LogP contribution in [0.1, 0.15) is 39.5 Å². The fourth-order valence-corrected chi connectivity index (χ4v) is 2.17. The first kappa shape index (κ1) is 9.50. The predicted octanol–water partition coefficient (Wildman–Crippen LogP) is 2.96. The Labute approximate surface area is 74.9 Å². The Balaban J connectivity index is 2.73. The summed E-state index contributed by atoms with van der Waals surface area (Å²) < 4.78 is 0. The van der Waals surface area contributed by atoms with Gasteiger partial charge < -0.3 is 0 Å². The van der Waals surface area contributed by atoms with Crippen LogP contribution in [0.25, 0.3) is 0 Å². The summed E-state index contributed by atoms with van der Waals surface area (Å²) in [4.78, 5) is 11.8. The van der Waals surface area contributed by atoms with Gasteiger partial charge in [-0.1, -0.05) is 26.3 Å².